The van der Waals surface area contributed by atoms with Gasteiger partial charge in [0.15, 0.2) is 0 Å². The van der Waals surface area contributed by atoms with Gasteiger partial charge < -0.3 is 5.32 Å². The highest BCUT2D eigenvalue weighted by Gasteiger charge is 2.32. The molecule has 1 unspecified atom stereocenters. The van der Waals surface area contributed by atoms with Crippen molar-refractivity contribution in [1.82, 2.24) is 15.3 Å². The summed E-state index contributed by atoms with van der Waals surface area (Å²) >= 11 is 0. The molecule has 0 fully saturated rings. The Hall–Kier alpha value is -0.960. The van der Waals surface area contributed by atoms with E-state index in [0.29, 0.717) is 11.5 Å². The molecular formula is C14H23N3. The van der Waals surface area contributed by atoms with Crippen molar-refractivity contribution in [3.63, 3.8) is 0 Å². The topological polar surface area (TPSA) is 37.8 Å². The van der Waals surface area contributed by atoms with Crippen LogP contribution in [0.3, 0.4) is 0 Å². The van der Waals surface area contributed by atoms with E-state index >= 15 is 0 Å². The zero-order valence-electron chi connectivity index (χ0n) is 11.4. The predicted molar refractivity (Wildman–Crippen MR) is 69.9 cm³/mol. The fourth-order valence-corrected chi connectivity index (χ4v) is 2.69. The first kappa shape index (κ1) is 12.5. The third-order valence-electron chi connectivity index (χ3n) is 3.55. The van der Waals surface area contributed by atoms with Crippen LogP contribution < -0.4 is 5.32 Å². The lowest BCUT2D eigenvalue weighted by Gasteiger charge is -2.36. The van der Waals surface area contributed by atoms with Gasteiger partial charge in [0.05, 0.1) is 0 Å². The second-order valence-corrected chi connectivity index (χ2v) is 5.82. The zero-order valence-corrected chi connectivity index (χ0v) is 11.4. The average molecular weight is 233 g/mol. The van der Waals surface area contributed by atoms with Gasteiger partial charge in [-0.1, -0.05) is 20.8 Å². The summed E-state index contributed by atoms with van der Waals surface area (Å²) in [5.41, 5.74) is 2.88. The highest BCUT2D eigenvalue weighted by molar-refractivity contribution is 5.26. The Bertz CT molecular complexity index is 398. The molecule has 1 aromatic rings. The van der Waals surface area contributed by atoms with Gasteiger partial charge in [-0.25, -0.2) is 9.97 Å². The number of aromatic nitrogens is 2. The van der Waals surface area contributed by atoms with Crippen molar-refractivity contribution in [1.29, 1.82) is 0 Å². The van der Waals surface area contributed by atoms with Crippen LogP contribution in [0.5, 0.6) is 0 Å². The first-order valence-corrected chi connectivity index (χ1v) is 6.57. The third-order valence-corrected chi connectivity index (χ3v) is 3.55. The molecule has 1 N–H and O–H groups in total. The van der Waals surface area contributed by atoms with Gasteiger partial charge in [-0.05, 0) is 31.7 Å². The number of nitrogens with zero attached hydrogens (tertiary/aromatic N) is 2. The Morgan fingerprint density at radius 1 is 1.47 bits per heavy atom. The molecule has 94 valence electrons. The van der Waals surface area contributed by atoms with E-state index in [4.69, 9.17) is 4.98 Å². The molecule has 0 amide bonds. The maximum absolute atomic E-state index is 4.75. The normalized spacial score (nSPS) is 22.2. The largest absolute Gasteiger partial charge is 0.313 e. The Morgan fingerprint density at radius 2 is 2.24 bits per heavy atom. The van der Waals surface area contributed by atoms with Crippen LogP contribution in [-0.4, -0.2) is 17.0 Å². The molecule has 1 aliphatic rings. The van der Waals surface area contributed by atoms with Crippen molar-refractivity contribution in [3.05, 3.63) is 23.3 Å². The van der Waals surface area contributed by atoms with E-state index in [9.17, 15) is 0 Å². The van der Waals surface area contributed by atoms with Gasteiger partial charge in [-0.3, -0.25) is 0 Å². The van der Waals surface area contributed by atoms with E-state index in [1.54, 1.807) is 0 Å². The van der Waals surface area contributed by atoms with Gasteiger partial charge in [0.25, 0.3) is 0 Å². The fourth-order valence-electron chi connectivity index (χ4n) is 2.69. The molecule has 0 bridgehead atoms. The Labute approximate surface area is 104 Å². The summed E-state index contributed by atoms with van der Waals surface area (Å²) in [4.78, 5) is 9.22. The monoisotopic (exact) mass is 233 g/mol. The number of hydrogen-bond acceptors (Lipinski definition) is 3. The van der Waals surface area contributed by atoms with Crippen molar-refractivity contribution >= 4 is 0 Å². The van der Waals surface area contributed by atoms with Gasteiger partial charge in [-0.15, -0.1) is 0 Å². The number of hydrogen-bond donors (Lipinski definition) is 1. The Kier molecular flexibility index (Phi) is 3.48. The van der Waals surface area contributed by atoms with Crippen LogP contribution in [0.4, 0.5) is 0 Å². The van der Waals surface area contributed by atoms with Crippen LogP contribution in [0.2, 0.25) is 0 Å². The first-order chi connectivity index (χ1) is 8.05. The first-order valence-electron chi connectivity index (χ1n) is 6.57. The minimum Gasteiger partial charge on any atom is -0.313 e. The van der Waals surface area contributed by atoms with Crippen LogP contribution in [0.25, 0.3) is 0 Å². The van der Waals surface area contributed by atoms with E-state index in [1.807, 2.05) is 13.2 Å². The molecule has 2 rings (SSSR count). The maximum atomic E-state index is 4.75. The summed E-state index contributed by atoms with van der Waals surface area (Å²) in [6.07, 6.45) is 6.35. The van der Waals surface area contributed by atoms with E-state index in [-0.39, 0.29) is 0 Å². The molecule has 3 nitrogen and oxygen atoms in total. The van der Waals surface area contributed by atoms with Crippen molar-refractivity contribution in [2.24, 2.45) is 5.41 Å². The molecule has 1 aromatic heterocycles. The second kappa shape index (κ2) is 4.73. The number of nitrogens with one attached hydrogen (secondary N) is 1. The van der Waals surface area contributed by atoms with Gasteiger partial charge in [0.1, 0.15) is 5.82 Å². The highest BCUT2D eigenvalue weighted by Crippen LogP contribution is 2.39. The lowest BCUT2D eigenvalue weighted by atomic mass is 9.74. The number of aryl methyl sites for hydroxylation is 1. The van der Waals surface area contributed by atoms with Gasteiger partial charge >= 0.3 is 0 Å². The van der Waals surface area contributed by atoms with Crippen molar-refractivity contribution in [2.75, 3.05) is 7.05 Å². The molecule has 0 aliphatic heterocycles. The third kappa shape index (κ3) is 2.65. The number of fused-ring (bicyclic) bond motifs is 1. The van der Waals surface area contributed by atoms with E-state index in [0.717, 1.165) is 31.5 Å². The fraction of sp³-hybridized carbons (Fsp3) is 0.714. The van der Waals surface area contributed by atoms with Gasteiger partial charge in [0.2, 0.25) is 0 Å². The van der Waals surface area contributed by atoms with Crippen molar-refractivity contribution < 1.29 is 0 Å². The van der Waals surface area contributed by atoms with Gasteiger partial charge in [0, 0.05) is 29.9 Å². The molecular weight excluding hydrogens is 210 g/mol. The summed E-state index contributed by atoms with van der Waals surface area (Å²) in [5.74, 6) is 0.999. The second-order valence-electron chi connectivity index (χ2n) is 5.82. The summed E-state index contributed by atoms with van der Waals surface area (Å²) in [7, 11) is 2.02. The van der Waals surface area contributed by atoms with E-state index in [2.05, 4.69) is 31.1 Å². The predicted octanol–water partition coefficient (Wildman–Crippen LogP) is 2.66. The quantitative estimate of drug-likeness (QED) is 0.872. The smallest absolute Gasteiger partial charge is 0.128 e. The molecule has 3 heteroatoms. The van der Waals surface area contributed by atoms with Crippen LogP contribution in [0.1, 0.15) is 56.7 Å². The van der Waals surface area contributed by atoms with E-state index in [1.165, 1.54) is 11.3 Å². The lowest BCUT2D eigenvalue weighted by Crippen LogP contribution is -2.32. The standard InChI is InChI=1S/C14H23N3/c1-5-6-13-16-9-10-11(15-4)7-14(2,3)8-12(10)17-13/h9,11,15H,5-8H2,1-4H3. The molecule has 1 aliphatic carbocycles. The minimum absolute atomic E-state index is 0.332. The summed E-state index contributed by atoms with van der Waals surface area (Å²) < 4.78 is 0. The average Bonchev–Trinajstić information content (AvgIpc) is 2.26. The lowest BCUT2D eigenvalue weighted by molar-refractivity contribution is 0.259. The molecule has 1 heterocycles. The summed E-state index contributed by atoms with van der Waals surface area (Å²) in [6, 6.07) is 0.407. The van der Waals surface area contributed by atoms with E-state index < -0.39 is 0 Å². The summed E-state index contributed by atoms with van der Waals surface area (Å²) in [6.45, 7) is 6.81. The molecule has 0 aromatic carbocycles. The molecule has 0 saturated carbocycles. The SMILES string of the molecule is CCCc1ncc2c(n1)CC(C)(C)CC2NC. The van der Waals surface area contributed by atoms with Gasteiger partial charge in [-0.2, -0.15) is 0 Å². The van der Waals surface area contributed by atoms with Crippen LogP contribution in [-0.2, 0) is 12.8 Å². The molecule has 17 heavy (non-hydrogen) atoms. The zero-order chi connectivity index (χ0) is 12.5. The summed E-state index contributed by atoms with van der Waals surface area (Å²) in [5, 5.41) is 3.39. The van der Waals surface area contributed by atoms with Crippen molar-refractivity contribution in [2.45, 2.75) is 52.5 Å². The van der Waals surface area contributed by atoms with Crippen LogP contribution in [0, 0.1) is 5.41 Å². The molecule has 0 spiro atoms. The Morgan fingerprint density at radius 3 is 2.88 bits per heavy atom. The number of rotatable bonds is 3. The highest BCUT2D eigenvalue weighted by atomic mass is 14.9. The van der Waals surface area contributed by atoms with Crippen LogP contribution in [0.15, 0.2) is 6.20 Å². The maximum Gasteiger partial charge on any atom is 0.128 e. The molecule has 1 atom stereocenters. The Balaban J connectivity index is 2.35. The van der Waals surface area contributed by atoms with Crippen molar-refractivity contribution in [3.8, 4) is 0 Å². The van der Waals surface area contributed by atoms with Crippen LogP contribution >= 0.6 is 0 Å². The molecule has 0 radical (unpaired) electrons. The molecule has 0 saturated heterocycles. The minimum atomic E-state index is 0.332.